The molecule has 2 aromatic rings. The summed E-state index contributed by atoms with van der Waals surface area (Å²) in [6, 6.07) is 15.8. The predicted octanol–water partition coefficient (Wildman–Crippen LogP) is 2.67. The fourth-order valence-corrected chi connectivity index (χ4v) is 3.17. The molecule has 0 unspecified atom stereocenters. The van der Waals surface area contributed by atoms with Crippen LogP contribution in [0.4, 0.5) is 0 Å². The fraction of sp³-hybridized carbons (Fsp3) is 0.304. The van der Waals surface area contributed by atoms with Crippen molar-refractivity contribution < 1.29 is 33.6 Å². The minimum absolute atomic E-state index is 0.122. The number of methoxy groups -OCH3 is 2. The monoisotopic (exact) mass is 412 g/mol. The summed E-state index contributed by atoms with van der Waals surface area (Å²) in [5.74, 6) is -0.423. The molecular weight excluding hydrogens is 388 g/mol. The van der Waals surface area contributed by atoms with E-state index in [2.05, 4.69) is 0 Å². The Morgan fingerprint density at radius 2 is 1.70 bits per heavy atom. The number of ether oxygens (including phenoxy) is 4. The van der Waals surface area contributed by atoms with Crippen LogP contribution in [0.15, 0.2) is 66.2 Å². The van der Waals surface area contributed by atoms with Gasteiger partial charge in [-0.25, -0.2) is 9.59 Å². The Hall–Kier alpha value is -3.16. The van der Waals surface area contributed by atoms with E-state index in [0.29, 0.717) is 5.56 Å². The SMILES string of the molecule is COC(=O)C1=C[C@@H](O)[C@H](OC(=O)c2ccccc2)C[C@@H]1OCc1ccc(OC)cc1. The van der Waals surface area contributed by atoms with Crippen LogP contribution in [0.1, 0.15) is 22.3 Å². The highest BCUT2D eigenvalue weighted by Crippen LogP contribution is 2.27. The normalized spacial score (nSPS) is 20.8. The molecule has 3 rings (SSSR count). The third-order valence-electron chi connectivity index (χ3n) is 4.82. The van der Waals surface area contributed by atoms with Crippen molar-refractivity contribution in [3.8, 4) is 5.75 Å². The van der Waals surface area contributed by atoms with Crippen LogP contribution < -0.4 is 4.74 Å². The van der Waals surface area contributed by atoms with E-state index < -0.39 is 30.3 Å². The molecule has 0 bridgehead atoms. The van der Waals surface area contributed by atoms with Gasteiger partial charge in [-0.15, -0.1) is 0 Å². The second kappa shape index (κ2) is 10.0. The second-order valence-electron chi connectivity index (χ2n) is 6.80. The van der Waals surface area contributed by atoms with Gasteiger partial charge < -0.3 is 24.1 Å². The van der Waals surface area contributed by atoms with Crippen molar-refractivity contribution in [3.63, 3.8) is 0 Å². The van der Waals surface area contributed by atoms with Crippen LogP contribution in [0.3, 0.4) is 0 Å². The van der Waals surface area contributed by atoms with E-state index in [9.17, 15) is 14.7 Å². The van der Waals surface area contributed by atoms with Crippen molar-refractivity contribution in [2.45, 2.75) is 31.3 Å². The van der Waals surface area contributed by atoms with E-state index in [1.54, 1.807) is 37.4 Å². The Balaban J connectivity index is 1.72. The van der Waals surface area contributed by atoms with Crippen LogP contribution in [0.5, 0.6) is 5.75 Å². The minimum Gasteiger partial charge on any atom is -0.497 e. The van der Waals surface area contributed by atoms with Crippen molar-refractivity contribution >= 4 is 11.9 Å². The van der Waals surface area contributed by atoms with Gasteiger partial charge in [-0.2, -0.15) is 0 Å². The lowest BCUT2D eigenvalue weighted by atomic mass is 9.91. The van der Waals surface area contributed by atoms with Crippen LogP contribution in [0.25, 0.3) is 0 Å². The maximum absolute atomic E-state index is 12.4. The van der Waals surface area contributed by atoms with Crippen LogP contribution in [-0.4, -0.2) is 49.6 Å². The van der Waals surface area contributed by atoms with Gasteiger partial charge in [-0.05, 0) is 35.9 Å². The Bertz CT molecular complexity index is 890. The lowest BCUT2D eigenvalue weighted by Gasteiger charge is -2.31. The molecule has 0 heterocycles. The molecule has 0 saturated carbocycles. The summed E-state index contributed by atoms with van der Waals surface area (Å²) in [7, 11) is 2.85. The van der Waals surface area contributed by atoms with E-state index in [0.717, 1.165) is 11.3 Å². The van der Waals surface area contributed by atoms with Crippen LogP contribution in [0.2, 0.25) is 0 Å². The van der Waals surface area contributed by atoms with Gasteiger partial charge in [0, 0.05) is 6.42 Å². The van der Waals surface area contributed by atoms with Gasteiger partial charge >= 0.3 is 11.9 Å². The lowest BCUT2D eigenvalue weighted by molar-refractivity contribution is -0.139. The highest BCUT2D eigenvalue weighted by atomic mass is 16.6. The standard InChI is InChI=1S/C23H24O7/c1-27-17-10-8-15(9-11-17)14-29-20-13-21(19(24)12-18(20)23(26)28-2)30-22(25)16-6-4-3-5-7-16/h3-12,19-21,24H,13-14H2,1-2H3/t19-,20+,21-/m1/s1. The molecule has 1 aliphatic carbocycles. The maximum Gasteiger partial charge on any atom is 0.338 e. The van der Waals surface area contributed by atoms with Crippen molar-refractivity contribution in [3.05, 3.63) is 77.4 Å². The molecule has 0 aliphatic heterocycles. The Morgan fingerprint density at radius 1 is 1.00 bits per heavy atom. The molecule has 3 atom stereocenters. The van der Waals surface area contributed by atoms with E-state index in [4.69, 9.17) is 18.9 Å². The van der Waals surface area contributed by atoms with E-state index >= 15 is 0 Å². The van der Waals surface area contributed by atoms with E-state index in [-0.39, 0.29) is 18.6 Å². The lowest BCUT2D eigenvalue weighted by Crippen LogP contribution is -2.41. The number of aliphatic hydroxyl groups is 1. The Labute approximate surface area is 174 Å². The molecule has 0 fully saturated rings. The highest BCUT2D eigenvalue weighted by Gasteiger charge is 2.36. The number of rotatable bonds is 7. The predicted molar refractivity (Wildman–Crippen MR) is 108 cm³/mol. The fourth-order valence-electron chi connectivity index (χ4n) is 3.17. The molecule has 1 aliphatic rings. The summed E-state index contributed by atoms with van der Waals surface area (Å²) < 4.78 is 21.4. The first-order valence-corrected chi connectivity index (χ1v) is 9.50. The van der Waals surface area contributed by atoms with Crippen LogP contribution in [0, 0.1) is 0 Å². The quantitative estimate of drug-likeness (QED) is 0.699. The molecule has 0 saturated heterocycles. The first kappa shape index (κ1) is 21.5. The largest absolute Gasteiger partial charge is 0.497 e. The number of benzene rings is 2. The zero-order valence-electron chi connectivity index (χ0n) is 16.8. The first-order valence-electron chi connectivity index (χ1n) is 9.50. The summed E-state index contributed by atoms with van der Waals surface area (Å²) in [4.78, 5) is 24.5. The second-order valence-corrected chi connectivity index (χ2v) is 6.80. The van der Waals surface area contributed by atoms with Gasteiger partial charge in [0.25, 0.3) is 0 Å². The molecule has 7 heteroatoms. The van der Waals surface area contributed by atoms with Gasteiger partial charge in [-0.3, -0.25) is 0 Å². The van der Waals surface area contributed by atoms with Gasteiger partial charge in [0.15, 0.2) is 0 Å². The Kier molecular flexibility index (Phi) is 7.21. The molecule has 0 amide bonds. The summed E-state index contributed by atoms with van der Waals surface area (Å²) in [6.07, 6.45) is -1.25. The molecular formula is C23H24O7. The average molecular weight is 412 g/mol. The molecule has 7 nitrogen and oxygen atoms in total. The topological polar surface area (TPSA) is 91.3 Å². The number of esters is 2. The molecule has 158 valence electrons. The maximum atomic E-state index is 12.4. The summed E-state index contributed by atoms with van der Waals surface area (Å²) in [5.41, 5.74) is 1.46. The van der Waals surface area contributed by atoms with Gasteiger partial charge in [-0.1, -0.05) is 30.3 Å². The Morgan fingerprint density at radius 3 is 2.33 bits per heavy atom. The minimum atomic E-state index is -1.15. The van der Waals surface area contributed by atoms with Crippen LogP contribution >= 0.6 is 0 Å². The zero-order chi connectivity index (χ0) is 21.5. The number of carbonyl (C=O) groups is 2. The molecule has 1 N–H and O–H groups in total. The summed E-state index contributed by atoms with van der Waals surface area (Å²) in [6.45, 7) is 0.221. The molecule has 2 aromatic carbocycles. The number of aliphatic hydroxyl groups excluding tert-OH is 1. The summed E-state index contributed by atoms with van der Waals surface area (Å²) >= 11 is 0. The third-order valence-corrected chi connectivity index (χ3v) is 4.82. The van der Waals surface area contributed by atoms with E-state index in [1.165, 1.54) is 13.2 Å². The number of hydrogen-bond acceptors (Lipinski definition) is 7. The van der Waals surface area contributed by atoms with Crippen LogP contribution in [-0.2, 0) is 25.6 Å². The van der Waals surface area contributed by atoms with Gasteiger partial charge in [0.05, 0.1) is 38.1 Å². The van der Waals surface area contributed by atoms with E-state index in [1.807, 2.05) is 24.3 Å². The smallest absolute Gasteiger partial charge is 0.338 e. The first-order chi connectivity index (χ1) is 14.5. The summed E-state index contributed by atoms with van der Waals surface area (Å²) in [5, 5.41) is 10.4. The van der Waals surface area contributed by atoms with Crippen molar-refractivity contribution in [2.75, 3.05) is 14.2 Å². The van der Waals surface area contributed by atoms with Crippen molar-refractivity contribution in [1.29, 1.82) is 0 Å². The third kappa shape index (κ3) is 5.25. The molecule has 0 aromatic heterocycles. The van der Waals surface area contributed by atoms with Crippen molar-refractivity contribution in [2.24, 2.45) is 0 Å². The number of hydrogen-bond donors (Lipinski definition) is 1. The molecule has 0 spiro atoms. The zero-order valence-corrected chi connectivity index (χ0v) is 16.8. The molecule has 0 radical (unpaired) electrons. The van der Waals surface area contributed by atoms with Crippen molar-refractivity contribution in [1.82, 2.24) is 0 Å². The number of carbonyl (C=O) groups excluding carboxylic acids is 2. The molecule has 30 heavy (non-hydrogen) atoms. The highest BCUT2D eigenvalue weighted by molar-refractivity contribution is 5.91. The van der Waals surface area contributed by atoms with Gasteiger partial charge in [0.1, 0.15) is 18.0 Å². The van der Waals surface area contributed by atoms with Gasteiger partial charge in [0.2, 0.25) is 0 Å². The average Bonchev–Trinajstić information content (AvgIpc) is 2.79.